The van der Waals surface area contributed by atoms with E-state index in [0.29, 0.717) is 12.4 Å². The third-order valence-electron chi connectivity index (χ3n) is 3.64. The van der Waals surface area contributed by atoms with Crippen LogP contribution < -0.4 is 0 Å². The second-order valence-corrected chi connectivity index (χ2v) is 5.25. The summed E-state index contributed by atoms with van der Waals surface area (Å²) in [5.74, 6) is 0.765. The highest BCUT2D eigenvalue weighted by molar-refractivity contribution is 5.92. The van der Waals surface area contributed by atoms with Gasteiger partial charge >= 0.3 is 0 Å². The van der Waals surface area contributed by atoms with E-state index in [9.17, 15) is 0 Å². The molecule has 0 saturated heterocycles. The Kier molecular flexibility index (Phi) is 3.45. The maximum atomic E-state index is 8.83. The summed E-state index contributed by atoms with van der Waals surface area (Å²) < 4.78 is 1.57. The van der Waals surface area contributed by atoms with Crippen LogP contribution in [0.1, 0.15) is 11.6 Å². The van der Waals surface area contributed by atoms with Crippen LogP contribution in [-0.4, -0.2) is 24.7 Å². The monoisotopic (exact) mass is 312 g/mol. The van der Waals surface area contributed by atoms with Gasteiger partial charge in [0.25, 0.3) is 5.82 Å². The van der Waals surface area contributed by atoms with E-state index in [4.69, 9.17) is 10.2 Å². The maximum Gasteiger partial charge on any atom is 0.252 e. The van der Waals surface area contributed by atoms with Crippen LogP contribution in [0.4, 0.5) is 0 Å². The normalized spacial score (nSPS) is 10.6. The Labute approximate surface area is 138 Å². The minimum atomic E-state index is 0.138. The van der Waals surface area contributed by atoms with Crippen LogP contribution in [0, 0.1) is 11.3 Å². The number of nitriles is 1. The minimum absolute atomic E-state index is 0.138. The van der Waals surface area contributed by atoms with Crippen LogP contribution >= 0.6 is 0 Å². The molecule has 24 heavy (non-hydrogen) atoms. The van der Waals surface area contributed by atoms with E-state index < -0.39 is 0 Å². The molecule has 6 heteroatoms. The molecular formula is C18H12N6. The first-order valence-electron chi connectivity index (χ1n) is 7.44. The zero-order valence-electron chi connectivity index (χ0n) is 12.7. The lowest BCUT2D eigenvalue weighted by molar-refractivity contribution is 0.654. The second kappa shape index (κ2) is 5.89. The van der Waals surface area contributed by atoms with Crippen molar-refractivity contribution in [3.05, 3.63) is 72.6 Å². The highest BCUT2D eigenvalue weighted by atomic mass is 15.3. The van der Waals surface area contributed by atoms with Gasteiger partial charge in [0.05, 0.1) is 11.2 Å². The molecule has 4 rings (SSSR count). The summed E-state index contributed by atoms with van der Waals surface area (Å²) in [7, 11) is 0. The lowest BCUT2D eigenvalue weighted by atomic mass is 10.1. The molecule has 0 bridgehead atoms. The van der Waals surface area contributed by atoms with Crippen LogP contribution in [0.2, 0.25) is 0 Å². The van der Waals surface area contributed by atoms with Crippen molar-refractivity contribution in [3.63, 3.8) is 0 Å². The predicted octanol–water partition coefficient (Wildman–Crippen LogP) is 2.81. The molecule has 0 atom stereocenters. The van der Waals surface area contributed by atoms with Gasteiger partial charge in [0.2, 0.25) is 0 Å². The summed E-state index contributed by atoms with van der Waals surface area (Å²) in [4.78, 5) is 13.2. The van der Waals surface area contributed by atoms with Crippen LogP contribution in [0.3, 0.4) is 0 Å². The van der Waals surface area contributed by atoms with E-state index in [1.807, 2.05) is 60.7 Å². The summed E-state index contributed by atoms with van der Waals surface area (Å²) in [6, 6.07) is 19.9. The molecule has 2 heterocycles. The van der Waals surface area contributed by atoms with Crippen molar-refractivity contribution in [3.8, 4) is 17.3 Å². The van der Waals surface area contributed by atoms with Crippen molar-refractivity contribution >= 4 is 10.9 Å². The van der Waals surface area contributed by atoms with Crippen molar-refractivity contribution in [2.45, 2.75) is 6.54 Å². The molecule has 0 N–H and O–H groups in total. The number of hydrogen-bond acceptors (Lipinski definition) is 5. The summed E-state index contributed by atoms with van der Waals surface area (Å²) in [6.45, 7) is 0.360. The Balaban J connectivity index is 1.84. The number of para-hydroxylation sites is 1. The molecular weight excluding hydrogens is 300 g/mol. The summed E-state index contributed by atoms with van der Waals surface area (Å²) in [5.41, 5.74) is 2.80. The van der Waals surface area contributed by atoms with Gasteiger partial charge in [0.15, 0.2) is 5.82 Å². The van der Waals surface area contributed by atoms with Gasteiger partial charge in [-0.2, -0.15) is 5.26 Å². The van der Waals surface area contributed by atoms with Crippen LogP contribution in [0.25, 0.3) is 22.2 Å². The molecule has 0 aliphatic heterocycles. The first kappa shape index (κ1) is 14.0. The van der Waals surface area contributed by atoms with Gasteiger partial charge in [-0.1, -0.05) is 48.5 Å². The predicted molar refractivity (Wildman–Crippen MR) is 88.8 cm³/mol. The molecule has 4 aromatic rings. The first-order valence-corrected chi connectivity index (χ1v) is 7.44. The highest BCUT2D eigenvalue weighted by Crippen LogP contribution is 2.25. The van der Waals surface area contributed by atoms with Crippen molar-refractivity contribution in [1.82, 2.24) is 24.7 Å². The topological polar surface area (TPSA) is 80.3 Å². The summed E-state index contributed by atoms with van der Waals surface area (Å²) in [6.07, 6.45) is 1.51. The standard InChI is InChI=1S/C18H12N6/c19-10-16-20-12-24(23-16)11-17-21-15-9-5-4-8-14(15)18(22-17)13-6-2-1-3-7-13/h1-9,12H,11H2. The number of hydrogen-bond donors (Lipinski definition) is 0. The molecule has 0 spiro atoms. The highest BCUT2D eigenvalue weighted by Gasteiger charge is 2.10. The number of fused-ring (bicyclic) bond motifs is 1. The number of nitrogens with zero attached hydrogens (tertiary/aromatic N) is 6. The molecule has 114 valence electrons. The second-order valence-electron chi connectivity index (χ2n) is 5.25. The zero-order valence-corrected chi connectivity index (χ0v) is 12.7. The number of benzene rings is 2. The van der Waals surface area contributed by atoms with Gasteiger partial charge in [-0.15, -0.1) is 5.10 Å². The third kappa shape index (κ3) is 2.59. The third-order valence-corrected chi connectivity index (χ3v) is 3.64. The lowest BCUT2D eigenvalue weighted by Gasteiger charge is -2.09. The summed E-state index contributed by atoms with van der Waals surface area (Å²) in [5, 5.41) is 13.9. The fraction of sp³-hybridized carbons (Fsp3) is 0.0556. The Morgan fingerprint density at radius 1 is 0.958 bits per heavy atom. The van der Waals surface area contributed by atoms with Gasteiger partial charge in [0.1, 0.15) is 18.9 Å². The average molecular weight is 312 g/mol. The van der Waals surface area contributed by atoms with E-state index in [1.54, 1.807) is 4.68 Å². The van der Waals surface area contributed by atoms with Gasteiger partial charge in [-0.25, -0.2) is 19.6 Å². The largest absolute Gasteiger partial charge is 0.252 e. The van der Waals surface area contributed by atoms with Crippen molar-refractivity contribution in [1.29, 1.82) is 5.26 Å². The Bertz CT molecular complexity index is 1050. The van der Waals surface area contributed by atoms with E-state index in [2.05, 4.69) is 15.1 Å². The van der Waals surface area contributed by atoms with Gasteiger partial charge < -0.3 is 0 Å². The van der Waals surface area contributed by atoms with Crippen LogP contribution in [0.15, 0.2) is 60.9 Å². The molecule has 0 saturated carbocycles. The maximum absolute atomic E-state index is 8.83. The average Bonchev–Trinajstić information content (AvgIpc) is 3.09. The molecule has 2 aromatic carbocycles. The fourth-order valence-electron chi connectivity index (χ4n) is 2.58. The number of aromatic nitrogens is 5. The fourth-order valence-corrected chi connectivity index (χ4v) is 2.58. The van der Waals surface area contributed by atoms with E-state index >= 15 is 0 Å². The Morgan fingerprint density at radius 3 is 2.54 bits per heavy atom. The number of rotatable bonds is 3. The molecule has 6 nitrogen and oxygen atoms in total. The molecule has 0 radical (unpaired) electrons. The Morgan fingerprint density at radius 2 is 1.75 bits per heavy atom. The van der Waals surface area contributed by atoms with Crippen LogP contribution in [-0.2, 0) is 6.54 Å². The molecule has 2 aromatic heterocycles. The van der Waals surface area contributed by atoms with Gasteiger partial charge in [0, 0.05) is 10.9 Å². The van der Waals surface area contributed by atoms with E-state index in [1.165, 1.54) is 6.33 Å². The van der Waals surface area contributed by atoms with Crippen LogP contribution in [0.5, 0.6) is 0 Å². The summed E-state index contributed by atoms with van der Waals surface area (Å²) >= 11 is 0. The minimum Gasteiger partial charge on any atom is -0.244 e. The van der Waals surface area contributed by atoms with Crippen molar-refractivity contribution in [2.75, 3.05) is 0 Å². The molecule has 0 unspecified atom stereocenters. The molecule has 0 amide bonds. The van der Waals surface area contributed by atoms with Crippen molar-refractivity contribution in [2.24, 2.45) is 0 Å². The van der Waals surface area contributed by atoms with Gasteiger partial charge in [-0.3, -0.25) is 0 Å². The quantitative estimate of drug-likeness (QED) is 0.581. The van der Waals surface area contributed by atoms with E-state index in [-0.39, 0.29) is 5.82 Å². The Hall–Kier alpha value is -3.59. The molecule has 0 aliphatic rings. The van der Waals surface area contributed by atoms with Crippen molar-refractivity contribution < 1.29 is 0 Å². The smallest absolute Gasteiger partial charge is 0.244 e. The lowest BCUT2D eigenvalue weighted by Crippen LogP contribution is -2.06. The SMILES string of the molecule is N#Cc1ncn(Cc2nc(-c3ccccc3)c3ccccc3n2)n1. The zero-order chi connectivity index (χ0) is 16.4. The first-order chi connectivity index (χ1) is 11.8. The van der Waals surface area contributed by atoms with Gasteiger partial charge in [-0.05, 0) is 6.07 Å². The molecule has 0 fully saturated rings. The van der Waals surface area contributed by atoms with E-state index in [0.717, 1.165) is 22.2 Å². The molecule has 0 aliphatic carbocycles.